The van der Waals surface area contributed by atoms with Gasteiger partial charge in [0.05, 0.1) is 13.5 Å². The number of esters is 1. The molecule has 2 nitrogen and oxygen atoms in total. The van der Waals surface area contributed by atoms with Gasteiger partial charge in [-0.25, -0.2) is 0 Å². The molecule has 0 aromatic carbocycles. The minimum absolute atomic E-state index is 0.198. The molecule has 0 aliphatic heterocycles. The van der Waals surface area contributed by atoms with Crippen molar-refractivity contribution in [1.82, 2.24) is 0 Å². The van der Waals surface area contributed by atoms with Crippen molar-refractivity contribution >= 4 is 5.97 Å². The van der Waals surface area contributed by atoms with Crippen LogP contribution in [0.5, 0.6) is 0 Å². The highest BCUT2D eigenvalue weighted by Gasteiger charge is 2.02. The van der Waals surface area contributed by atoms with Crippen molar-refractivity contribution in [3.05, 3.63) is 17.4 Å². The molecule has 2 heteroatoms. The maximum absolute atomic E-state index is 11.0. The first-order valence-electron chi connectivity index (χ1n) is 6.43. The summed E-state index contributed by atoms with van der Waals surface area (Å²) in [6.07, 6.45) is 5.95. The van der Waals surface area contributed by atoms with E-state index in [9.17, 15) is 4.79 Å². The summed E-state index contributed by atoms with van der Waals surface area (Å²) in [5.41, 5.74) is 4.10. The molecule has 0 heterocycles. The monoisotopic (exact) mass is 238 g/mol. The first-order chi connectivity index (χ1) is 7.95. The average molecular weight is 238 g/mol. The zero-order valence-corrected chi connectivity index (χ0v) is 11.9. The largest absolute Gasteiger partial charge is 0.469 e. The van der Waals surface area contributed by atoms with Gasteiger partial charge >= 0.3 is 5.97 Å². The summed E-state index contributed by atoms with van der Waals surface area (Å²) >= 11 is 0. The van der Waals surface area contributed by atoms with Crippen LogP contribution in [0.1, 0.15) is 53.4 Å². The van der Waals surface area contributed by atoms with E-state index in [1.807, 2.05) is 13.0 Å². The van der Waals surface area contributed by atoms with Crippen LogP contribution in [0.4, 0.5) is 0 Å². The minimum Gasteiger partial charge on any atom is -0.469 e. The number of ether oxygens (including phenoxy) is 1. The standard InChI is InChI=1S/C15H26O2/c1-12(2)9-10-13(3)7-6-8-14(4)11-15(16)17-5/h6,12-13H,7,9-11H2,1-5H3. The van der Waals surface area contributed by atoms with Crippen LogP contribution in [0.2, 0.25) is 0 Å². The molecule has 0 bridgehead atoms. The smallest absolute Gasteiger partial charge is 0.310 e. The van der Waals surface area contributed by atoms with E-state index in [1.54, 1.807) is 0 Å². The van der Waals surface area contributed by atoms with Gasteiger partial charge in [0.2, 0.25) is 0 Å². The van der Waals surface area contributed by atoms with Gasteiger partial charge in [-0.15, -0.1) is 5.73 Å². The van der Waals surface area contributed by atoms with E-state index in [0.717, 1.165) is 17.9 Å². The van der Waals surface area contributed by atoms with Gasteiger partial charge in [-0.2, -0.15) is 0 Å². The fourth-order valence-corrected chi connectivity index (χ4v) is 1.51. The van der Waals surface area contributed by atoms with Gasteiger partial charge in [-0.05, 0) is 36.8 Å². The molecule has 0 aliphatic carbocycles. The van der Waals surface area contributed by atoms with Gasteiger partial charge in [-0.1, -0.05) is 33.6 Å². The SMILES string of the molecule is COC(=O)CC(C)=C=CCC(C)CCC(C)C. The lowest BCUT2D eigenvalue weighted by Gasteiger charge is -2.09. The third kappa shape index (κ3) is 9.89. The second-order valence-corrected chi connectivity index (χ2v) is 5.19. The number of methoxy groups -OCH3 is 1. The summed E-state index contributed by atoms with van der Waals surface area (Å²) in [5.74, 6) is 1.27. The zero-order valence-electron chi connectivity index (χ0n) is 11.9. The van der Waals surface area contributed by atoms with Gasteiger partial charge in [0, 0.05) is 0 Å². The topological polar surface area (TPSA) is 26.3 Å². The Morgan fingerprint density at radius 2 is 1.94 bits per heavy atom. The fraction of sp³-hybridized carbons (Fsp3) is 0.733. The Hall–Kier alpha value is -1.01. The molecule has 0 spiro atoms. The number of hydrogen-bond acceptors (Lipinski definition) is 2. The molecular weight excluding hydrogens is 212 g/mol. The second kappa shape index (κ2) is 9.07. The van der Waals surface area contributed by atoms with Crippen LogP contribution in [-0.2, 0) is 9.53 Å². The maximum atomic E-state index is 11.0. The first kappa shape index (κ1) is 16.0. The van der Waals surface area contributed by atoms with Crippen LogP contribution >= 0.6 is 0 Å². The van der Waals surface area contributed by atoms with Gasteiger partial charge in [0.1, 0.15) is 0 Å². The summed E-state index contributed by atoms with van der Waals surface area (Å²) in [6.45, 7) is 8.67. The highest BCUT2D eigenvalue weighted by molar-refractivity contribution is 5.71. The van der Waals surface area contributed by atoms with Crippen LogP contribution in [0.15, 0.2) is 17.4 Å². The van der Waals surface area contributed by atoms with Crippen molar-refractivity contribution in [2.24, 2.45) is 11.8 Å². The van der Waals surface area contributed by atoms with E-state index in [0.29, 0.717) is 12.3 Å². The Morgan fingerprint density at radius 1 is 1.29 bits per heavy atom. The van der Waals surface area contributed by atoms with Crippen LogP contribution in [0.3, 0.4) is 0 Å². The Kier molecular flexibility index (Phi) is 8.53. The number of carbonyl (C=O) groups is 1. The first-order valence-corrected chi connectivity index (χ1v) is 6.43. The Balaban J connectivity index is 3.98. The molecule has 0 radical (unpaired) electrons. The molecule has 0 rings (SSSR count). The van der Waals surface area contributed by atoms with Gasteiger partial charge in [0.25, 0.3) is 0 Å². The lowest BCUT2D eigenvalue weighted by Crippen LogP contribution is -1.99. The zero-order chi connectivity index (χ0) is 13.3. The normalized spacial score (nSPS) is 11.9. The summed E-state index contributed by atoms with van der Waals surface area (Å²) in [6, 6.07) is 0. The molecule has 0 aliphatic rings. The Morgan fingerprint density at radius 3 is 2.47 bits per heavy atom. The molecule has 0 N–H and O–H groups in total. The quantitative estimate of drug-likeness (QED) is 0.493. The third-order valence-corrected chi connectivity index (χ3v) is 2.74. The van der Waals surface area contributed by atoms with Crippen molar-refractivity contribution in [3.8, 4) is 0 Å². The molecule has 0 saturated heterocycles. The van der Waals surface area contributed by atoms with Gasteiger partial charge in [0.15, 0.2) is 0 Å². The summed E-state index contributed by atoms with van der Waals surface area (Å²) in [7, 11) is 1.41. The Bertz CT molecular complexity index is 283. The molecule has 17 heavy (non-hydrogen) atoms. The van der Waals surface area contributed by atoms with E-state index in [2.05, 4.69) is 31.2 Å². The summed E-state index contributed by atoms with van der Waals surface area (Å²) < 4.78 is 4.60. The number of carbonyl (C=O) groups excluding carboxylic acids is 1. The Labute approximate surface area is 106 Å². The predicted molar refractivity (Wildman–Crippen MR) is 71.8 cm³/mol. The van der Waals surface area contributed by atoms with Gasteiger partial charge in [-0.3, -0.25) is 4.79 Å². The molecule has 0 fully saturated rings. The van der Waals surface area contributed by atoms with Crippen LogP contribution < -0.4 is 0 Å². The van der Waals surface area contributed by atoms with Crippen LogP contribution in [0.25, 0.3) is 0 Å². The lowest BCUT2D eigenvalue weighted by atomic mass is 9.97. The van der Waals surface area contributed by atoms with Crippen molar-refractivity contribution in [3.63, 3.8) is 0 Å². The highest BCUT2D eigenvalue weighted by Crippen LogP contribution is 2.15. The molecular formula is C15H26O2. The molecule has 98 valence electrons. The van der Waals surface area contributed by atoms with Crippen molar-refractivity contribution in [2.75, 3.05) is 7.11 Å². The minimum atomic E-state index is -0.198. The van der Waals surface area contributed by atoms with Gasteiger partial charge < -0.3 is 4.74 Å². The van der Waals surface area contributed by atoms with E-state index in [1.165, 1.54) is 20.0 Å². The van der Waals surface area contributed by atoms with Crippen molar-refractivity contribution < 1.29 is 9.53 Å². The molecule has 0 amide bonds. The third-order valence-electron chi connectivity index (χ3n) is 2.74. The lowest BCUT2D eigenvalue weighted by molar-refractivity contribution is -0.139. The second-order valence-electron chi connectivity index (χ2n) is 5.19. The maximum Gasteiger partial charge on any atom is 0.310 e. The molecule has 1 atom stereocenters. The number of rotatable bonds is 7. The fourth-order valence-electron chi connectivity index (χ4n) is 1.51. The summed E-state index contributed by atoms with van der Waals surface area (Å²) in [4.78, 5) is 11.0. The molecule has 0 saturated carbocycles. The van der Waals surface area contributed by atoms with Crippen molar-refractivity contribution in [2.45, 2.75) is 53.4 Å². The predicted octanol–water partition coefficient (Wildman–Crippen LogP) is 4.11. The van der Waals surface area contributed by atoms with E-state index in [-0.39, 0.29) is 5.97 Å². The molecule has 0 aromatic heterocycles. The van der Waals surface area contributed by atoms with E-state index >= 15 is 0 Å². The van der Waals surface area contributed by atoms with Crippen LogP contribution in [-0.4, -0.2) is 13.1 Å². The molecule has 1 unspecified atom stereocenters. The van der Waals surface area contributed by atoms with E-state index in [4.69, 9.17) is 0 Å². The summed E-state index contributed by atoms with van der Waals surface area (Å²) in [5, 5.41) is 0. The highest BCUT2D eigenvalue weighted by atomic mass is 16.5. The van der Waals surface area contributed by atoms with E-state index < -0.39 is 0 Å². The molecule has 0 aromatic rings. The van der Waals surface area contributed by atoms with Crippen LogP contribution in [0, 0.1) is 11.8 Å². The number of hydrogen-bond donors (Lipinski definition) is 0. The average Bonchev–Trinajstić information content (AvgIpc) is 2.26. The van der Waals surface area contributed by atoms with Crippen molar-refractivity contribution in [1.29, 1.82) is 0 Å².